The van der Waals surface area contributed by atoms with E-state index in [0.29, 0.717) is 6.42 Å². The average molecular weight is 391 g/mol. The standard InChI is InChI=1S/C21H31N2O5/c1-15-5-7-18(8-6-15)28-19-9-10-22-17(11-19)12-21(27-14-26-4)16(2)23(13-25-3)20(21)24/h9-11,15-16,18H,2,5-8,12-14H2,1,3-4H3/t15-,16-,18-,21-/m1/s1. The zero-order valence-electron chi connectivity index (χ0n) is 17.1. The molecule has 1 radical (unpaired) electrons. The zero-order chi connectivity index (χ0) is 20.1. The summed E-state index contributed by atoms with van der Waals surface area (Å²) in [7, 11) is 3.07. The summed E-state index contributed by atoms with van der Waals surface area (Å²) in [6.45, 7) is 6.59. The van der Waals surface area contributed by atoms with Crippen LogP contribution >= 0.6 is 0 Å². The van der Waals surface area contributed by atoms with Crippen LogP contribution in [0.25, 0.3) is 0 Å². The molecule has 2 heterocycles. The second kappa shape index (κ2) is 9.20. The highest BCUT2D eigenvalue weighted by atomic mass is 16.7. The minimum absolute atomic E-state index is 0.00896. The number of β-lactam (4-membered cyclic amide) rings is 1. The normalized spacial score (nSPS) is 30.2. The predicted octanol–water partition coefficient (Wildman–Crippen LogP) is 2.59. The van der Waals surface area contributed by atoms with E-state index in [2.05, 4.69) is 18.8 Å². The molecule has 7 nitrogen and oxygen atoms in total. The van der Waals surface area contributed by atoms with Crippen molar-refractivity contribution in [2.75, 3.05) is 27.7 Å². The summed E-state index contributed by atoms with van der Waals surface area (Å²) >= 11 is 0. The molecule has 0 spiro atoms. The number of aromatic nitrogens is 1. The van der Waals surface area contributed by atoms with Crippen LogP contribution in [0.2, 0.25) is 0 Å². The first-order valence-electron chi connectivity index (χ1n) is 9.87. The summed E-state index contributed by atoms with van der Waals surface area (Å²) in [5.74, 6) is 1.40. The number of pyridine rings is 1. The van der Waals surface area contributed by atoms with E-state index in [-0.39, 0.29) is 31.6 Å². The van der Waals surface area contributed by atoms with E-state index in [1.807, 2.05) is 12.1 Å². The molecule has 0 N–H and O–H groups in total. The van der Waals surface area contributed by atoms with Gasteiger partial charge in [0.25, 0.3) is 5.91 Å². The number of hydrogen-bond donors (Lipinski definition) is 0. The molecule has 1 saturated carbocycles. The Bertz CT molecular complexity index is 662. The van der Waals surface area contributed by atoms with Gasteiger partial charge in [-0.1, -0.05) is 6.92 Å². The molecule has 1 amide bonds. The minimum Gasteiger partial charge on any atom is -0.490 e. The lowest BCUT2D eigenvalue weighted by Gasteiger charge is -2.53. The summed E-state index contributed by atoms with van der Waals surface area (Å²) in [5, 5.41) is 0. The average Bonchev–Trinajstić information content (AvgIpc) is 2.71. The molecule has 1 aromatic rings. The lowest BCUT2D eigenvalue weighted by Crippen LogP contribution is -2.75. The van der Waals surface area contributed by atoms with Gasteiger partial charge in [-0.2, -0.15) is 0 Å². The van der Waals surface area contributed by atoms with Crippen molar-refractivity contribution in [3.63, 3.8) is 0 Å². The summed E-state index contributed by atoms with van der Waals surface area (Å²) in [4.78, 5) is 18.8. The summed E-state index contributed by atoms with van der Waals surface area (Å²) in [5.41, 5.74) is -0.364. The number of amides is 1. The van der Waals surface area contributed by atoms with Crippen LogP contribution in [0, 0.1) is 12.8 Å². The molecule has 155 valence electrons. The smallest absolute Gasteiger partial charge is 0.259 e. The Labute approximate surface area is 167 Å². The molecule has 1 aliphatic heterocycles. The molecule has 2 fully saturated rings. The fourth-order valence-corrected chi connectivity index (χ4v) is 4.00. The number of carbonyl (C=O) groups is 1. The van der Waals surface area contributed by atoms with Crippen LogP contribution in [0.3, 0.4) is 0 Å². The third kappa shape index (κ3) is 4.31. The maximum absolute atomic E-state index is 12.8. The lowest BCUT2D eigenvalue weighted by atomic mass is 9.79. The number of hydrogen-bond acceptors (Lipinski definition) is 6. The number of methoxy groups -OCH3 is 2. The molecule has 28 heavy (non-hydrogen) atoms. The molecule has 0 aromatic carbocycles. The van der Waals surface area contributed by atoms with Gasteiger partial charge < -0.3 is 23.8 Å². The molecule has 0 unspecified atom stereocenters. The molecule has 1 aliphatic carbocycles. The van der Waals surface area contributed by atoms with E-state index in [1.165, 1.54) is 20.0 Å². The first-order valence-corrected chi connectivity index (χ1v) is 9.87. The fraction of sp³-hybridized carbons (Fsp3) is 0.667. The van der Waals surface area contributed by atoms with Gasteiger partial charge in [-0.3, -0.25) is 9.78 Å². The van der Waals surface area contributed by atoms with Crippen LogP contribution in [-0.2, 0) is 25.4 Å². The number of likely N-dealkylation sites (tertiary alicyclic amines) is 1. The first-order chi connectivity index (χ1) is 13.5. The Balaban J connectivity index is 1.70. The highest BCUT2D eigenvalue weighted by molar-refractivity contribution is 5.93. The van der Waals surface area contributed by atoms with Crippen molar-refractivity contribution in [1.82, 2.24) is 9.88 Å². The van der Waals surface area contributed by atoms with Gasteiger partial charge in [0.05, 0.1) is 12.1 Å². The lowest BCUT2D eigenvalue weighted by molar-refractivity contribution is -0.226. The van der Waals surface area contributed by atoms with Crippen molar-refractivity contribution in [1.29, 1.82) is 0 Å². The molecule has 2 aliphatic rings. The first kappa shape index (κ1) is 21.0. The van der Waals surface area contributed by atoms with Gasteiger partial charge in [0.2, 0.25) is 0 Å². The minimum atomic E-state index is -1.10. The van der Waals surface area contributed by atoms with Crippen LogP contribution in [0.5, 0.6) is 5.75 Å². The molecule has 2 atom stereocenters. The monoisotopic (exact) mass is 391 g/mol. The van der Waals surface area contributed by atoms with Gasteiger partial charge in [-0.15, -0.1) is 0 Å². The van der Waals surface area contributed by atoms with Crippen LogP contribution in [-0.4, -0.2) is 61.3 Å². The molecule has 1 aromatic heterocycles. The van der Waals surface area contributed by atoms with Crippen LogP contribution in [0.15, 0.2) is 18.3 Å². The molecule has 1 saturated heterocycles. The molecule has 0 bridgehead atoms. The van der Waals surface area contributed by atoms with Gasteiger partial charge in [0.15, 0.2) is 5.60 Å². The SMILES string of the molecule is [CH2][C@H]1N(COC)C(=O)[C@]1(Cc1cc(O[C@H]2CC[C@H](C)CC2)ccn1)OCOC. The summed E-state index contributed by atoms with van der Waals surface area (Å²) < 4.78 is 22.1. The molecule has 7 heteroatoms. The van der Waals surface area contributed by atoms with Crippen molar-refractivity contribution in [2.24, 2.45) is 5.92 Å². The van der Waals surface area contributed by atoms with Gasteiger partial charge >= 0.3 is 0 Å². The summed E-state index contributed by atoms with van der Waals surface area (Å²) in [6, 6.07) is 3.38. The summed E-state index contributed by atoms with van der Waals surface area (Å²) in [6.07, 6.45) is 6.81. The highest BCUT2D eigenvalue weighted by Crippen LogP contribution is 2.37. The van der Waals surface area contributed by atoms with Gasteiger partial charge in [0, 0.05) is 38.6 Å². The van der Waals surface area contributed by atoms with Crippen LogP contribution in [0.4, 0.5) is 0 Å². The van der Waals surface area contributed by atoms with Crippen molar-refractivity contribution in [2.45, 2.75) is 56.8 Å². The second-order valence-electron chi connectivity index (χ2n) is 7.81. The van der Waals surface area contributed by atoms with Crippen molar-refractivity contribution >= 4 is 5.91 Å². The Morgan fingerprint density at radius 3 is 2.64 bits per heavy atom. The largest absolute Gasteiger partial charge is 0.490 e. The van der Waals surface area contributed by atoms with E-state index in [9.17, 15) is 4.79 Å². The van der Waals surface area contributed by atoms with Gasteiger partial charge in [-0.25, -0.2) is 0 Å². The Hall–Kier alpha value is -1.70. The van der Waals surface area contributed by atoms with E-state index >= 15 is 0 Å². The number of nitrogens with zero attached hydrogens (tertiary/aromatic N) is 2. The predicted molar refractivity (Wildman–Crippen MR) is 104 cm³/mol. The number of rotatable bonds is 9. The van der Waals surface area contributed by atoms with E-state index in [4.69, 9.17) is 18.9 Å². The molecule has 3 rings (SSSR count). The second-order valence-corrected chi connectivity index (χ2v) is 7.81. The van der Waals surface area contributed by atoms with Crippen molar-refractivity contribution in [3.05, 3.63) is 30.9 Å². The van der Waals surface area contributed by atoms with E-state index in [1.54, 1.807) is 18.2 Å². The Kier molecular flexibility index (Phi) is 6.91. The third-order valence-corrected chi connectivity index (χ3v) is 5.74. The molecular formula is C21H31N2O5. The Morgan fingerprint density at radius 2 is 2.00 bits per heavy atom. The quantitative estimate of drug-likeness (QED) is 0.476. The maximum atomic E-state index is 12.8. The number of carbonyl (C=O) groups excluding carboxylic acids is 1. The van der Waals surface area contributed by atoms with Crippen LogP contribution < -0.4 is 4.74 Å². The van der Waals surface area contributed by atoms with Crippen molar-refractivity contribution < 1.29 is 23.7 Å². The highest BCUT2D eigenvalue weighted by Gasteiger charge is 2.60. The van der Waals surface area contributed by atoms with Gasteiger partial charge in [0.1, 0.15) is 19.3 Å². The topological polar surface area (TPSA) is 70.1 Å². The fourth-order valence-electron chi connectivity index (χ4n) is 4.00. The van der Waals surface area contributed by atoms with E-state index < -0.39 is 5.60 Å². The van der Waals surface area contributed by atoms with Crippen molar-refractivity contribution in [3.8, 4) is 5.75 Å². The van der Waals surface area contributed by atoms with Gasteiger partial charge in [-0.05, 0) is 44.6 Å². The third-order valence-electron chi connectivity index (χ3n) is 5.74. The Morgan fingerprint density at radius 1 is 1.25 bits per heavy atom. The van der Waals surface area contributed by atoms with E-state index in [0.717, 1.165) is 30.2 Å². The maximum Gasteiger partial charge on any atom is 0.259 e. The van der Waals surface area contributed by atoms with Crippen LogP contribution in [0.1, 0.15) is 38.3 Å². The number of ether oxygens (including phenoxy) is 4. The molecular weight excluding hydrogens is 360 g/mol. The zero-order valence-corrected chi connectivity index (χ0v) is 17.1.